The Bertz CT molecular complexity index is 698. The van der Waals surface area contributed by atoms with Crippen molar-refractivity contribution in [2.45, 2.75) is 18.4 Å². The van der Waals surface area contributed by atoms with Crippen molar-refractivity contribution < 1.29 is 12.8 Å². The van der Waals surface area contributed by atoms with Crippen LogP contribution >= 0.6 is 11.3 Å². The molecular weight excluding hydrogens is 289 g/mol. The summed E-state index contributed by atoms with van der Waals surface area (Å²) in [4.78, 5) is 4.66. The van der Waals surface area contributed by atoms with Crippen LogP contribution in [0.5, 0.6) is 0 Å². The molecule has 0 atom stereocenters. The van der Waals surface area contributed by atoms with Gasteiger partial charge in [0.2, 0.25) is 10.0 Å². The molecule has 0 amide bonds. The quantitative estimate of drug-likeness (QED) is 0.841. The van der Waals surface area contributed by atoms with Gasteiger partial charge in [-0.15, -0.1) is 11.3 Å². The second-order valence-corrected chi connectivity index (χ2v) is 6.94. The van der Waals surface area contributed by atoms with Gasteiger partial charge in [0.15, 0.2) is 0 Å². The van der Waals surface area contributed by atoms with E-state index in [4.69, 9.17) is 5.73 Å². The van der Waals surface area contributed by atoms with Crippen molar-refractivity contribution >= 4 is 27.0 Å². The molecule has 0 radical (unpaired) electrons. The second-order valence-electron chi connectivity index (χ2n) is 3.85. The zero-order valence-electron chi connectivity index (χ0n) is 10.1. The van der Waals surface area contributed by atoms with Gasteiger partial charge in [-0.1, -0.05) is 0 Å². The number of hydrogen-bond donors (Lipinski definition) is 2. The highest BCUT2D eigenvalue weighted by molar-refractivity contribution is 7.89. The summed E-state index contributed by atoms with van der Waals surface area (Å²) in [5, 5.41) is 0.854. The minimum atomic E-state index is -3.76. The van der Waals surface area contributed by atoms with Crippen LogP contribution in [0.15, 0.2) is 29.3 Å². The second kappa shape index (κ2) is 5.24. The normalized spacial score (nSPS) is 11.7. The molecule has 3 N–H and O–H groups in total. The Morgan fingerprint density at radius 3 is 2.79 bits per heavy atom. The Labute approximate surface area is 114 Å². The van der Waals surface area contributed by atoms with E-state index in [0.717, 1.165) is 16.0 Å². The van der Waals surface area contributed by atoms with E-state index in [1.165, 1.54) is 23.5 Å². The number of nitrogen functional groups attached to an aromatic ring is 1. The Balaban J connectivity index is 2.16. The number of halogens is 1. The topological polar surface area (TPSA) is 85.1 Å². The molecule has 0 unspecified atom stereocenters. The molecule has 0 saturated carbocycles. The van der Waals surface area contributed by atoms with Crippen LogP contribution in [0.1, 0.15) is 9.88 Å². The van der Waals surface area contributed by atoms with E-state index in [2.05, 4.69) is 9.71 Å². The molecule has 0 fully saturated rings. The maximum atomic E-state index is 13.3. The zero-order valence-corrected chi connectivity index (χ0v) is 11.7. The predicted octanol–water partition coefficient (Wildman–Crippen LogP) is 1.65. The highest BCUT2D eigenvalue weighted by Gasteiger charge is 2.15. The molecule has 0 saturated heterocycles. The lowest BCUT2D eigenvalue weighted by Crippen LogP contribution is -2.23. The largest absolute Gasteiger partial charge is 0.396 e. The molecule has 5 nitrogen and oxygen atoms in total. The predicted molar refractivity (Wildman–Crippen MR) is 71.7 cm³/mol. The van der Waals surface area contributed by atoms with Crippen molar-refractivity contribution in [3.63, 3.8) is 0 Å². The Kier molecular flexibility index (Phi) is 3.83. The third kappa shape index (κ3) is 3.28. The maximum absolute atomic E-state index is 13.3. The van der Waals surface area contributed by atoms with Gasteiger partial charge in [-0.2, -0.15) is 0 Å². The standard InChI is InChI=1S/C11H12FN3O2S2/c1-7-14-5-8(18-7)6-15-19(16,17)9-2-3-11(13)10(12)4-9/h2-5,15H,6,13H2,1H3. The molecule has 0 bridgehead atoms. The fraction of sp³-hybridized carbons (Fsp3) is 0.182. The summed E-state index contributed by atoms with van der Waals surface area (Å²) in [5.41, 5.74) is 5.22. The fourth-order valence-corrected chi connectivity index (χ4v) is 3.26. The summed E-state index contributed by atoms with van der Waals surface area (Å²) in [5.74, 6) is -0.753. The summed E-state index contributed by atoms with van der Waals surface area (Å²) >= 11 is 1.40. The number of aryl methyl sites for hydroxylation is 1. The number of nitrogens with one attached hydrogen (secondary N) is 1. The smallest absolute Gasteiger partial charge is 0.241 e. The molecule has 1 aromatic carbocycles. The summed E-state index contributed by atoms with van der Waals surface area (Å²) in [7, 11) is -3.76. The minimum absolute atomic E-state index is 0.0861. The molecule has 8 heteroatoms. The monoisotopic (exact) mass is 301 g/mol. The molecule has 0 spiro atoms. The number of rotatable bonds is 4. The van der Waals surface area contributed by atoms with Crippen LogP contribution < -0.4 is 10.5 Å². The van der Waals surface area contributed by atoms with Gasteiger partial charge < -0.3 is 5.73 Å². The van der Waals surface area contributed by atoms with Crippen molar-refractivity contribution in [3.8, 4) is 0 Å². The summed E-state index contributed by atoms with van der Waals surface area (Å²) in [6, 6.07) is 3.38. The van der Waals surface area contributed by atoms with E-state index in [1.807, 2.05) is 6.92 Å². The van der Waals surface area contributed by atoms with Crippen LogP contribution in [0.3, 0.4) is 0 Å². The lowest BCUT2D eigenvalue weighted by atomic mass is 10.3. The average Bonchev–Trinajstić information content (AvgIpc) is 2.76. The summed E-state index contributed by atoms with van der Waals surface area (Å²) < 4.78 is 39.5. The van der Waals surface area contributed by atoms with Crippen LogP contribution in [0.25, 0.3) is 0 Å². The lowest BCUT2D eigenvalue weighted by molar-refractivity contribution is 0.578. The van der Waals surface area contributed by atoms with E-state index in [1.54, 1.807) is 6.20 Å². The number of hydrogen-bond acceptors (Lipinski definition) is 5. The van der Waals surface area contributed by atoms with E-state index < -0.39 is 15.8 Å². The van der Waals surface area contributed by atoms with E-state index >= 15 is 0 Å². The Morgan fingerprint density at radius 2 is 2.21 bits per heavy atom. The third-order valence-electron chi connectivity index (χ3n) is 2.39. The number of benzene rings is 1. The van der Waals surface area contributed by atoms with Crippen molar-refractivity contribution in [2.75, 3.05) is 5.73 Å². The summed E-state index contributed by atoms with van der Waals surface area (Å²) in [6.07, 6.45) is 1.60. The first-order valence-corrected chi connectivity index (χ1v) is 7.64. The van der Waals surface area contributed by atoms with Crippen LogP contribution in [0, 0.1) is 12.7 Å². The molecule has 0 aliphatic carbocycles. The highest BCUT2D eigenvalue weighted by atomic mass is 32.2. The van der Waals surface area contributed by atoms with Gasteiger partial charge in [0.05, 0.1) is 15.6 Å². The van der Waals surface area contributed by atoms with Gasteiger partial charge in [0.25, 0.3) is 0 Å². The van der Waals surface area contributed by atoms with Crippen molar-refractivity contribution in [1.29, 1.82) is 0 Å². The van der Waals surface area contributed by atoms with Gasteiger partial charge in [-0.25, -0.2) is 22.5 Å². The van der Waals surface area contributed by atoms with Gasteiger partial charge in [-0.3, -0.25) is 0 Å². The molecule has 0 aliphatic heterocycles. The summed E-state index contributed by atoms with van der Waals surface area (Å²) in [6.45, 7) is 1.96. The van der Waals surface area contributed by atoms with Crippen LogP contribution in [0.2, 0.25) is 0 Å². The first-order valence-electron chi connectivity index (χ1n) is 5.34. The molecule has 1 aromatic heterocycles. The molecule has 19 heavy (non-hydrogen) atoms. The van der Waals surface area contributed by atoms with Gasteiger partial charge >= 0.3 is 0 Å². The molecule has 0 aliphatic rings. The molecular formula is C11H12FN3O2S2. The highest BCUT2D eigenvalue weighted by Crippen LogP contribution is 2.17. The Morgan fingerprint density at radius 1 is 1.47 bits per heavy atom. The Hall–Kier alpha value is -1.51. The van der Waals surface area contributed by atoms with E-state index in [9.17, 15) is 12.8 Å². The van der Waals surface area contributed by atoms with Crippen LogP contribution in [-0.2, 0) is 16.6 Å². The number of aromatic nitrogens is 1. The van der Waals surface area contributed by atoms with Crippen molar-refractivity contribution in [2.24, 2.45) is 0 Å². The molecule has 102 valence electrons. The number of nitrogens with zero attached hydrogens (tertiary/aromatic N) is 1. The average molecular weight is 301 g/mol. The number of anilines is 1. The maximum Gasteiger partial charge on any atom is 0.241 e. The third-order valence-corrected chi connectivity index (χ3v) is 4.70. The number of nitrogens with two attached hydrogens (primary N) is 1. The fourth-order valence-electron chi connectivity index (χ4n) is 1.41. The molecule has 2 aromatic rings. The van der Waals surface area contributed by atoms with Crippen LogP contribution in [0.4, 0.5) is 10.1 Å². The number of thiazole rings is 1. The number of sulfonamides is 1. The minimum Gasteiger partial charge on any atom is -0.396 e. The van der Waals surface area contributed by atoms with Crippen molar-refractivity contribution in [3.05, 3.63) is 40.1 Å². The van der Waals surface area contributed by atoms with E-state index in [-0.39, 0.29) is 17.1 Å². The lowest BCUT2D eigenvalue weighted by Gasteiger charge is -2.06. The zero-order chi connectivity index (χ0) is 14.0. The first-order chi connectivity index (χ1) is 8.88. The van der Waals surface area contributed by atoms with E-state index in [0.29, 0.717) is 0 Å². The van der Waals surface area contributed by atoms with Gasteiger partial charge in [-0.05, 0) is 25.1 Å². The molecule has 2 rings (SSSR count). The van der Waals surface area contributed by atoms with Crippen LogP contribution in [-0.4, -0.2) is 13.4 Å². The van der Waals surface area contributed by atoms with Gasteiger partial charge in [0, 0.05) is 17.6 Å². The van der Waals surface area contributed by atoms with Crippen molar-refractivity contribution in [1.82, 2.24) is 9.71 Å². The van der Waals surface area contributed by atoms with Gasteiger partial charge in [0.1, 0.15) is 5.82 Å². The first kappa shape index (κ1) is 13.9. The SMILES string of the molecule is Cc1ncc(CNS(=O)(=O)c2ccc(N)c(F)c2)s1. The molecule has 1 heterocycles.